The highest BCUT2D eigenvalue weighted by Gasteiger charge is 2.23. The molecule has 1 aromatic heterocycles. The zero-order chi connectivity index (χ0) is 14.9. The molecule has 5 nitrogen and oxygen atoms in total. The molecule has 1 N–H and O–H groups in total. The quantitative estimate of drug-likeness (QED) is 0.929. The molecule has 106 valence electrons. The third-order valence-electron chi connectivity index (χ3n) is 2.80. The molecule has 0 saturated carbocycles. The zero-order valence-corrected chi connectivity index (χ0v) is 11.3. The van der Waals surface area contributed by atoms with Crippen molar-refractivity contribution >= 4 is 5.97 Å². The number of methoxy groups -OCH3 is 1. The number of hydrogen-bond donors (Lipinski definition) is 1. The van der Waals surface area contributed by atoms with E-state index < -0.39 is 11.8 Å². The van der Waals surface area contributed by atoms with Crippen molar-refractivity contribution in [2.75, 3.05) is 7.11 Å². The SMILES string of the molecule is COc1ccc(-c2nc(C(C)C)c(C(=O)O)o2)c(F)c1. The van der Waals surface area contributed by atoms with E-state index in [0.29, 0.717) is 11.4 Å². The third kappa shape index (κ3) is 2.49. The predicted molar refractivity (Wildman–Crippen MR) is 69.5 cm³/mol. The lowest BCUT2D eigenvalue weighted by Gasteiger charge is -2.02. The lowest BCUT2D eigenvalue weighted by atomic mass is 10.1. The van der Waals surface area contributed by atoms with E-state index in [-0.39, 0.29) is 23.1 Å². The summed E-state index contributed by atoms with van der Waals surface area (Å²) in [7, 11) is 1.43. The fourth-order valence-corrected chi connectivity index (χ4v) is 1.79. The van der Waals surface area contributed by atoms with Crippen molar-refractivity contribution in [2.24, 2.45) is 0 Å². The summed E-state index contributed by atoms with van der Waals surface area (Å²) in [6.07, 6.45) is 0. The van der Waals surface area contributed by atoms with Crippen LogP contribution in [0.3, 0.4) is 0 Å². The van der Waals surface area contributed by atoms with Gasteiger partial charge in [-0.15, -0.1) is 0 Å². The second-order valence-corrected chi connectivity index (χ2v) is 4.54. The molecule has 2 rings (SSSR count). The van der Waals surface area contributed by atoms with E-state index in [9.17, 15) is 9.18 Å². The minimum Gasteiger partial charge on any atom is -0.497 e. The topological polar surface area (TPSA) is 72.6 Å². The summed E-state index contributed by atoms with van der Waals surface area (Å²) < 4.78 is 24.0. The number of aromatic nitrogens is 1. The minimum atomic E-state index is -1.22. The van der Waals surface area contributed by atoms with E-state index in [1.165, 1.54) is 19.2 Å². The van der Waals surface area contributed by atoms with Crippen molar-refractivity contribution in [3.63, 3.8) is 0 Å². The fourth-order valence-electron chi connectivity index (χ4n) is 1.79. The van der Waals surface area contributed by atoms with Crippen molar-refractivity contribution in [1.82, 2.24) is 4.98 Å². The lowest BCUT2D eigenvalue weighted by molar-refractivity contribution is 0.0661. The molecule has 2 aromatic rings. The van der Waals surface area contributed by atoms with Gasteiger partial charge in [-0.3, -0.25) is 0 Å². The van der Waals surface area contributed by atoms with Gasteiger partial charge in [0.05, 0.1) is 18.4 Å². The monoisotopic (exact) mass is 279 g/mol. The Kier molecular flexibility index (Phi) is 3.74. The van der Waals surface area contributed by atoms with E-state index >= 15 is 0 Å². The molecule has 0 aliphatic rings. The normalized spacial score (nSPS) is 10.8. The highest BCUT2D eigenvalue weighted by molar-refractivity contribution is 5.86. The van der Waals surface area contributed by atoms with Gasteiger partial charge < -0.3 is 14.3 Å². The molecule has 0 aliphatic heterocycles. The van der Waals surface area contributed by atoms with E-state index in [4.69, 9.17) is 14.3 Å². The lowest BCUT2D eigenvalue weighted by Crippen LogP contribution is -2.01. The summed E-state index contributed by atoms with van der Waals surface area (Å²) in [6.45, 7) is 3.58. The van der Waals surface area contributed by atoms with E-state index in [1.54, 1.807) is 19.9 Å². The Morgan fingerprint density at radius 3 is 2.60 bits per heavy atom. The van der Waals surface area contributed by atoms with Crippen LogP contribution in [0.25, 0.3) is 11.5 Å². The van der Waals surface area contributed by atoms with Gasteiger partial charge in [0.1, 0.15) is 11.6 Å². The molecule has 1 aromatic carbocycles. The molecule has 0 amide bonds. The molecular weight excluding hydrogens is 265 g/mol. The number of rotatable bonds is 4. The Hall–Kier alpha value is -2.37. The Balaban J connectivity index is 2.53. The smallest absolute Gasteiger partial charge is 0.373 e. The standard InChI is InChI=1S/C14H14FNO4/c1-7(2)11-12(14(17)18)20-13(16-11)9-5-4-8(19-3)6-10(9)15/h4-7H,1-3H3,(H,17,18). The largest absolute Gasteiger partial charge is 0.497 e. The highest BCUT2D eigenvalue weighted by Crippen LogP contribution is 2.29. The van der Waals surface area contributed by atoms with Crippen LogP contribution in [-0.4, -0.2) is 23.2 Å². The summed E-state index contributed by atoms with van der Waals surface area (Å²) in [5.74, 6) is -1.89. The summed E-state index contributed by atoms with van der Waals surface area (Å²) in [5, 5.41) is 9.08. The third-order valence-corrected chi connectivity index (χ3v) is 2.80. The molecule has 0 radical (unpaired) electrons. The predicted octanol–water partition coefficient (Wildman–Crippen LogP) is 3.31. The number of halogens is 1. The van der Waals surface area contributed by atoms with Gasteiger partial charge in [-0.25, -0.2) is 14.2 Å². The summed E-state index contributed by atoms with van der Waals surface area (Å²) in [5.41, 5.74) is 0.392. The Morgan fingerprint density at radius 1 is 1.45 bits per heavy atom. The Morgan fingerprint density at radius 2 is 2.15 bits per heavy atom. The van der Waals surface area contributed by atoms with E-state index in [2.05, 4.69) is 4.98 Å². The molecule has 0 bridgehead atoms. The molecule has 0 atom stereocenters. The number of benzene rings is 1. The Bertz CT molecular complexity index is 649. The van der Waals surface area contributed by atoms with Gasteiger partial charge >= 0.3 is 5.97 Å². The van der Waals surface area contributed by atoms with Gasteiger partial charge in [-0.1, -0.05) is 13.8 Å². The average molecular weight is 279 g/mol. The second-order valence-electron chi connectivity index (χ2n) is 4.54. The number of nitrogens with zero attached hydrogens (tertiary/aromatic N) is 1. The van der Waals surface area contributed by atoms with Gasteiger partial charge in [0.2, 0.25) is 11.7 Å². The van der Waals surface area contributed by atoms with Gasteiger partial charge in [-0.05, 0) is 18.1 Å². The maximum absolute atomic E-state index is 13.9. The molecule has 0 saturated heterocycles. The molecule has 0 spiro atoms. The zero-order valence-electron chi connectivity index (χ0n) is 11.3. The number of hydrogen-bond acceptors (Lipinski definition) is 4. The molecular formula is C14H14FNO4. The van der Waals surface area contributed by atoms with Crippen LogP contribution in [0.15, 0.2) is 22.6 Å². The molecule has 0 unspecified atom stereocenters. The van der Waals surface area contributed by atoms with E-state index in [0.717, 1.165) is 0 Å². The molecule has 20 heavy (non-hydrogen) atoms. The number of carboxylic acid groups (broad SMARTS) is 1. The van der Waals surface area contributed by atoms with Crippen LogP contribution < -0.4 is 4.74 Å². The Labute approximate surface area is 115 Å². The van der Waals surface area contributed by atoms with Crippen molar-refractivity contribution in [2.45, 2.75) is 19.8 Å². The number of carboxylic acids is 1. The van der Waals surface area contributed by atoms with Gasteiger partial charge in [0, 0.05) is 6.07 Å². The van der Waals surface area contributed by atoms with Crippen LogP contribution in [0.2, 0.25) is 0 Å². The molecule has 0 aliphatic carbocycles. The molecule has 1 heterocycles. The first-order chi connectivity index (χ1) is 9.43. The van der Waals surface area contributed by atoms with Crippen LogP contribution in [0, 0.1) is 5.82 Å². The van der Waals surface area contributed by atoms with Crippen LogP contribution in [0.4, 0.5) is 4.39 Å². The minimum absolute atomic E-state index is 0.0498. The second kappa shape index (κ2) is 5.32. The first kappa shape index (κ1) is 14.0. The van der Waals surface area contributed by atoms with Gasteiger partial charge in [-0.2, -0.15) is 0 Å². The number of aromatic carboxylic acids is 1. The number of carbonyl (C=O) groups is 1. The maximum Gasteiger partial charge on any atom is 0.373 e. The summed E-state index contributed by atoms with van der Waals surface area (Å²) in [4.78, 5) is 15.2. The van der Waals surface area contributed by atoms with Gasteiger partial charge in [0.15, 0.2) is 0 Å². The fraction of sp³-hybridized carbons (Fsp3) is 0.286. The van der Waals surface area contributed by atoms with Crippen molar-refractivity contribution in [3.8, 4) is 17.2 Å². The van der Waals surface area contributed by atoms with E-state index in [1.807, 2.05) is 0 Å². The first-order valence-corrected chi connectivity index (χ1v) is 6.02. The van der Waals surface area contributed by atoms with Crippen LogP contribution >= 0.6 is 0 Å². The first-order valence-electron chi connectivity index (χ1n) is 6.02. The highest BCUT2D eigenvalue weighted by atomic mass is 19.1. The average Bonchev–Trinajstić information content (AvgIpc) is 2.83. The van der Waals surface area contributed by atoms with Crippen LogP contribution in [0.5, 0.6) is 5.75 Å². The maximum atomic E-state index is 13.9. The molecule has 6 heteroatoms. The molecule has 0 fully saturated rings. The van der Waals surface area contributed by atoms with Crippen LogP contribution in [-0.2, 0) is 0 Å². The summed E-state index contributed by atoms with van der Waals surface area (Å²) >= 11 is 0. The number of oxazole rings is 1. The van der Waals surface area contributed by atoms with Crippen molar-refractivity contribution in [3.05, 3.63) is 35.5 Å². The van der Waals surface area contributed by atoms with Gasteiger partial charge in [0.25, 0.3) is 0 Å². The van der Waals surface area contributed by atoms with Crippen molar-refractivity contribution in [1.29, 1.82) is 0 Å². The van der Waals surface area contributed by atoms with Crippen molar-refractivity contribution < 1.29 is 23.4 Å². The number of ether oxygens (including phenoxy) is 1. The summed E-state index contributed by atoms with van der Waals surface area (Å²) in [6, 6.07) is 4.18. The van der Waals surface area contributed by atoms with Crippen LogP contribution in [0.1, 0.15) is 36.0 Å².